The molecule has 10 heteroatoms. The van der Waals surface area contributed by atoms with Crippen LogP contribution in [0.25, 0.3) is 10.8 Å². The van der Waals surface area contributed by atoms with Crippen molar-refractivity contribution in [3.8, 4) is 0 Å². The molecule has 8 nitrogen and oxygen atoms in total. The Labute approximate surface area is 295 Å². The lowest BCUT2D eigenvalue weighted by Crippen LogP contribution is -2.65. The number of aromatic nitrogens is 2. The quantitative estimate of drug-likeness (QED) is 0.151. The number of rotatable bonds is 12. The topological polar surface area (TPSA) is 94.5 Å². The molecule has 8 atom stereocenters. The molecule has 0 radical (unpaired) electrons. The molecule has 3 aromatic rings. The average Bonchev–Trinajstić information content (AvgIpc) is 3.65. The maximum Gasteiger partial charge on any atom is 0.482 e. The minimum atomic E-state index is -0.735. The van der Waals surface area contributed by atoms with Gasteiger partial charge in [0.2, 0.25) is 5.91 Å². The summed E-state index contributed by atoms with van der Waals surface area (Å²) in [4.78, 5) is 33.0. The summed E-state index contributed by atoms with van der Waals surface area (Å²) in [5, 5.41) is 9.24. The largest absolute Gasteiger partial charge is 0.482 e. The lowest BCUT2D eigenvalue weighted by atomic mass is 9.43. The molecule has 2 N–H and O–H groups in total. The van der Waals surface area contributed by atoms with Gasteiger partial charge in [0.1, 0.15) is 6.04 Å². The minimum absolute atomic E-state index is 0.00139. The van der Waals surface area contributed by atoms with Gasteiger partial charge in [-0.1, -0.05) is 80.9 Å². The van der Waals surface area contributed by atoms with Crippen LogP contribution in [-0.4, -0.2) is 46.3 Å². The molecular formula is C39H50BClN4O4. The second-order valence-corrected chi connectivity index (χ2v) is 16.1. The molecule has 3 heterocycles. The van der Waals surface area contributed by atoms with E-state index in [1.807, 2.05) is 13.8 Å². The van der Waals surface area contributed by atoms with E-state index in [0.717, 1.165) is 38.5 Å². The summed E-state index contributed by atoms with van der Waals surface area (Å²) in [7, 11) is -0.593. The summed E-state index contributed by atoms with van der Waals surface area (Å²) in [5.41, 5.74) is 1.44. The normalized spacial score (nSPS) is 29.1. The van der Waals surface area contributed by atoms with Crippen molar-refractivity contribution in [3.05, 3.63) is 81.9 Å². The van der Waals surface area contributed by atoms with Crippen molar-refractivity contribution < 1.29 is 14.1 Å². The van der Waals surface area contributed by atoms with Gasteiger partial charge in [0.05, 0.1) is 23.3 Å². The fraction of sp³-hybridized carbons (Fsp3) is 0.564. The van der Waals surface area contributed by atoms with Crippen LogP contribution in [0.1, 0.15) is 103 Å². The number of nitrogens with one attached hydrogen (secondary N) is 2. The van der Waals surface area contributed by atoms with E-state index in [-0.39, 0.29) is 45.9 Å². The third-order valence-electron chi connectivity index (χ3n) is 12.5. The number of hydrogen-bond acceptors (Lipinski definition) is 6. The lowest BCUT2D eigenvalue weighted by molar-refractivity contribution is -0.199. The van der Waals surface area contributed by atoms with Crippen LogP contribution in [0, 0.1) is 17.3 Å². The Morgan fingerprint density at radius 3 is 2.71 bits per heavy atom. The number of carbonyl (C=O) groups excluding carboxylic acids is 1. The zero-order valence-electron chi connectivity index (χ0n) is 29.5. The number of halogens is 1. The molecule has 2 bridgehead atoms. The van der Waals surface area contributed by atoms with Gasteiger partial charge in [-0.3, -0.25) is 14.2 Å². The third-order valence-corrected chi connectivity index (χ3v) is 12.8. The molecule has 3 saturated carbocycles. The first-order valence-electron chi connectivity index (χ1n) is 18.3. The summed E-state index contributed by atoms with van der Waals surface area (Å²) in [5.74, 6) is 0.452. The predicted molar refractivity (Wildman–Crippen MR) is 197 cm³/mol. The van der Waals surface area contributed by atoms with E-state index in [1.165, 1.54) is 16.3 Å². The minimum Gasteiger partial charge on any atom is -0.404 e. The molecule has 5 aliphatic rings. The van der Waals surface area contributed by atoms with Gasteiger partial charge in [-0.25, -0.2) is 4.98 Å². The average molecular weight is 685 g/mol. The number of benzene rings is 2. The van der Waals surface area contributed by atoms with Gasteiger partial charge in [-0.2, -0.15) is 0 Å². The Bertz CT molecular complexity index is 1810. The zero-order valence-corrected chi connectivity index (χ0v) is 30.3. The Morgan fingerprint density at radius 2 is 1.96 bits per heavy atom. The van der Waals surface area contributed by atoms with Crippen molar-refractivity contribution >= 4 is 41.2 Å². The first kappa shape index (κ1) is 34.3. The number of nitrogens with zero attached hydrogens (tertiary/aromatic N) is 2. The number of carbonyl (C=O) groups is 1. The molecule has 8 rings (SSSR count). The number of amides is 1. The lowest BCUT2D eigenvalue weighted by Gasteiger charge is -2.64. The maximum atomic E-state index is 14.4. The van der Waals surface area contributed by atoms with Crippen molar-refractivity contribution in [2.75, 3.05) is 5.32 Å². The van der Waals surface area contributed by atoms with Gasteiger partial charge in [-0.05, 0) is 98.8 Å². The highest BCUT2D eigenvalue weighted by Crippen LogP contribution is 2.65. The number of aryl methyl sites for hydroxylation is 1. The van der Waals surface area contributed by atoms with Gasteiger partial charge < -0.3 is 19.9 Å². The van der Waals surface area contributed by atoms with Crippen LogP contribution >= 0.6 is 11.6 Å². The molecule has 260 valence electrons. The molecule has 4 unspecified atom stereocenters. The molecule has 4 fully saturated rings. The highest BCUT2D eigenvalue weighted by Gasteiger charge is 2.68. The van der Waals surface area contributed by atoms with Crippen LogP contribution in [0.15, 0.2) is 59.9 Å². The number of hydrogen-bond donors (Lipinski definition) is 2. The summed E-state index contributed by atoms with van der Waals surface area (Å²) < 4.78 is 14.9. The van der Waals surface area contributed by atoms with Crippen LogP contribution in [-0.2, 0) is 20.5 Å². The van der Waals surface area contributed by atoms with Gasteiger partial charge in [-0.15, -0.1) is 6.58 Å². The van der Waals surface area contributed by atoms with E-state index in [4.69, 9.17) is 20.9 Å². The third kappa shape index (κ3) is 5.93. The fourth-order valence-corrected chi connectivity index (χ4v) is 9.74. The fourth-order valence-electron chi connectivity index (χ4n) is 9.41. The van der Waals surface area contributed by atoms with E-state index in [1.54, 1.807) is 10.6 Å². The summed E-state index contributed by atoms with van der Waals surface area (Å²) in [6.45, 7) is 14.9. The van der Waals surface area contributed by atoms with Gasteiger partial charge >= 0.3 is 7.12 Å². The van der Waals surface area contributed by atoms with Crippen molar-refractivity contribution in [2.45, 2.75) is 122 Å². The van der Waals surface area contributed by atoms with Gasteiger partial charge in [0.15, 0.2) is 11.0 Å². The highest BCUT2D eigenvalue weighted by atomic mass is 35.5. The first-order valence-corrected chi connectivity index (χ1v) is 18.6. The monoisotopic (exact) mass is 684 g/mol. The van der Waals surface area contributed by atoms with Crippen LogP contribution < -0.4 is 16.2 Å². The van der Waals surface area contributed by atoms with E-state index in [9.17, 15) is 9.59 Å². The van der Waals surface area contributed by atoms with Gasteiger partial charge in [0, 0.05) is 12.0 Å². The molecule has 1 amide bonds. The van der Waals surface area contributed by atoms with Crippen LogP contribution in [0.2, 0.25) is 5.15 Å². The van der Waals surface area contributed by atoms with Crippen molar-refractivity contribution in [1.82, 2.24) is 14.9 Å². The molecule has 1 aromatic heterocycles. The standard InChI is InChI=1S/C39H50BClN4O4/c1-7-13-32(40-48-31-22-27-21-30(38(27,4)5)39(31,6)49-40)43-36(46)29-20-26(18-12-17-25-16-11-15-24-14-9-10-19-28(24)25)33-34(41)44-35(37(47)45(29)33)42-23(3)8-2/h7,9-11,14-16,19,23,26-27,29-32H,1,8,12-13,17-18,20-22H2,2-6H3,(H,42,44)(H,43,46)/t23?,26-,27?,29+,30?,31?,32+,39-/m1/s1. The Kier molecular flexibility index (Phi) is 9.25. The van der Waals surface area contributed by atoms with E-state index < -0.39 is 24.7 Å². The highest BCUT2D eigenvalue weighted by molar-refractivity contribution is 6.48. The van der Waals surface area contributed by atoms with E-state index in [2.05, 4.69) is 85.4 Å². The molecule has 3 aliphatic carbocycles. The molecule has 1 saturated heterocycles. The van der Waals surface area contributed by atoms with Crippen LogP contribution in [0.5, 0.6) is 0 Å². The Hall–Kier alpha value is -3.14. The summed E-state index contributed by atoms with van der Waals surface area (Å²) in [6, 6.07) is 14.1. The Morgan fingerprint density at radius 1 is 1.18 bits per heavy atom. The summed E-state index contributed by atoms with van der Waals surface area (Å²) >= 11 is 6.90. The van der Waals surface area contributed by atoms with E-state index >= 15 is 0 Å². The van der Waals surface area contributed by atoms with Crippen molar-refractivity contribution in [3.63, 3.8) is 0 Å². The SMILES string of the molecule is C=CC[C@H](NC(=O)[C@@H]1C[C@@H](CCCc2cccc3ccccc23)c2c(Cl)nc(NC(C)CC)c(=O)n21)B1OC2CC3CC(C3(C)C)[C@@]2(C)O1. The molecule has 49 heavy (non-hydrogen) atoms. The van der Waals surface area contributed by atoms with Gasteiger partial charge in [0.25, 0.3) is 5.56 Å². The Balaban J connectivity index is 1.13. The molecule has 0 spiro atoms. The molecule has 2 aromatic carbocycles. The second kappa shape index (κ2) is 13.2. The van der Waals surface area contributed by atoms with Crippen molar-refractivity contribution in [2.24, 2.45) is 17.3 Å². The van der Waals surface area contributed by atoms with Crippen LogP contribution in [0.4, 0.5) is 5.82 Å². The number of fused-ring (bicyclic) bond motifs is 2. The van der Waals surface area contributed by atoms with Crippen LogP contribution in [0.3, 0.4) is 0 Å². The molecule has 2 aliphatic heterocycles. The summed E-state index contributed by atoms with van der Waals surface area (Å²) in [6.07, 6.45) is 8.21. The first-order chi connectivity index (χ1) is 23.5. The second-order valence-electron chi connectivity index (χ2n) is 15.7. The van der Waals surface area contributed by atoms with E-state index in [0.29, 0.717) is 30.4 Å². The zero-order chi connectivity index (χ0) is 34.7. The smallest absolute Gasteiger partial charge is 0.404 e. The van der Waals surface area contributed by atoms with Crippen molar-refractivity contribution in [1.29, 1.82) is 0 Å². The molecular weight excluding hydrogens is 635 g/mol. The maximum absolute atomic E-state index is 14.4. The number of anilines is 1. The predicted octanol–water partition coefficient (Wildman–Crippen LogP) is 7.64.